The van der Waals surface area contributed by atoms with E-state index in [0.717, 1.165) is 43.7 Å². The molecule has 2 heterocycles. The minimum atomic E-state index is -4.46. The molecule has 2 aliphatic rings. The summed E-state index contributed by atoms with van der Waals surface area (Å²) in [4.78, 5) is 12.1. The van der Waals surface area contributed by atoms with Crippen molar-refractivity contribution in [2.75, 3.05) is 23.8 Å². The molecule has 148 valence electrons. The summed E-state index contributed by atoms with van der Waals surface area (Å²) in [6.45, 7) is 1.59. The fraction of sp³-hybridized carbons (Fsp3) is 0.350. The van der Waals surface area contributed by atoms with E-state index in [4.69, 9.17) is 4.74 Å². The highest BCUT2D eigenvalue weighted by Gasteiger charge is 2.45. The number of nitrogens with one attached hydrogen (secondary N) is 3. The van der Waals surface area contributed by atoms with Crippen molar-refractivity contribution in [2.24, 2.45) is 0 Å². The van der Waals surface area contributed by atoms with E-state index in [1.54, 1.807) is 12.1 Å². The fourth-order valence-electron chi connectivity index (χ4n) is 3.76. The molecule has 0 radical (unpaired) electrons. The quantitative estimate of drug-likeness (QED) is 0.738. The van der Waals surface area contributed by atoms with Gasteiger partial charge in [0, 0.05) is 30.4 Å². The van der Waals surface area contributed by atoms with Gasteiger partial charge >= 0.3 is 12.2 Å². The maximum atomic E-state index is 12.7. The number of carbonyl (C=O) groups excluding carboxylic acids is 1. The zero-order chi connectivity index (χ0) is 19.8. The molecule has 2 aromatic carbocycles. The van der Waals surface area contributed by atoms with Crippen molar-refractivity contribution in [2.45, 2.75) is 30.7 Å². The third-order valence-corrected chi connectivity index (χ3v) is 5.11. The summed E-state index contributed by atoms with van der Waals surface area (Å²) in [5, 5.41) is 8.48. The van der Waals surface area contributed by atoms with Gasteiger partial charge in [-0.15, -0.1) is 0 Å². The van der Waals surface area contributed by atoms with Gasteiger partial charge < -0.3 is 20.7 Å². The number of halogens is 3. The van der Waals surface area contributed by atoms with E-state index in [9.17, 15) is 18.0 Å². The average molecular weight is 391 g/mol. The highest BCUT2D eigenvalue weighted by atomic mass is 19.4. The lowest BCUT2D eigenvalue weighted by molar-refractivity contribution is -0.137. The number of carbonyl (C=O) groups is 1. The van der Waals surface area contributed by atoms with E-state index in [1.165, 1.54) is 12.1 Å². The number of amides is 2. The van der Waals surface area contributed by atoms with Crippen molar-refractivity contribution in [1.82, 2.24) is 5.32 Å². The number of urea groups is 1. The van der Waals surface area contributed by atoms with Crippen LogP contribution in [-0.2, 0) is 17.3 Å². The number of morpholine rings is 1. The Morgan fingerprint density at radius 1 is 1.14 bits per heavy atom. The number of anilines is 2. The van der Waals surface area contributed by atoms with Crippen LogP contribution in [0.1, 0.15) is 17.5 Å². The number of alkyl halides is 3. The van der Waals surface area contributed by atoms with E-state index >= 15 is 0 Å². The molecule has 0 aromatic heterocycles. The number of ether oxygens (including phenoxy) is 1. The maximum Gasteiger partial charge on any atom is 0.416 e. The lowest BCUT2D eigenvalue weighted by atomic mass is 9.93. The molecule has 2 aliphatic heterocycles. The normalized spacial score (nSPS) is 23.6. The van der Waals surface area contributed by atoms with Crippen molar-refractivity contribution in [3.8, 4) is 0 Å². The molecule has 0 aliphatic carbocycles. The topological polar surface area (TPSA) is 62.4 Å². The van der Waals surface area contributed by atoms with Crippen LogP contribution in [0.5, 0.6) is 0 Å². The summed E-state index contributed by atoms with van der Waals surface area (Å²) < 4.78 is 44.2. The molecule has 4 rings (SSSR count). The van der Waals surface area contributed by atoms with Gasteiger partial charge in [0.05, 0.1) is 17.8 Å². The minimum absolute atomic E-state index is 0.0738. The van der Waals surface area contributed by atoms with Crippen molar-refractivity contribution in [3.05, 3.63) is 59.7 Å². The van der Waals surface area contributed by atoms with Crippen molar-refractivity contribution in [3.63, 3.8) is 0 Å². The first-order valence-corrected chi connectivity index (χ1v) is 9.03. The fourth-order valence-corrected chi connectivity index (χ4v) is 3.76. The Kier molecular flexibility index (Phi) is 4.76. The van der Waals surface area contributed by atoms with E-state index in [-0.39, 0.29) is 11.3 Å². The molecule has 2 bridgehead atoms. The highest BCUT2D eigenvalue weighted by molar-refractivity contribution is 5.99. The number of fused-ring (bicyclic) bond motifs is 2. The number of rotatable bonds is 4. The molecule has 0 saturated carbocycles. The molecule has 2 fully saturated rings. The Morgan fingerprint density at radius 3 is 2.50 bits per heavy atom. The summed E-state index contributed by atoms with van der Waals surface area (Å²) >= 11 is 0. The van der Waals surface area contributed by atoms with Crippen molar-refractivity contribution >= 4 is 17.4 Å². The van der Waals surface area contributed by atoms with Gasteiger partial charge in [0.2, 0.25) is 0 Å². The van der Waals surface area contributed by atoms with Crippen LogP contribution in [0.15, 0.2) is 48.5 Å². The molecule has 8 heteroatoms. The SMILES string of the molecule is O=C(Nc1ccc(CC23CNC(CO2)C3)cc1)Nc1cccc(C(F)(F)F)c1. The summed E-state index contributed by atoms with van der Waals surface area (Å²) in [7, 11) is 0. The summed E-state index contributed by atoms with van der Waals surface area (Å²) in [6.07, 6.45) is -2.65. The molecule has 2 aromatic rings. The van der Waals surface area contributed by atoms with Crippen LogP contribution in [0.4, 0.5) is 29.3 Å². The van der Waals surface area contributed by atoms with Crippen LogP contribution in [0.3, 0.4) is 0 Å². The molecular weight excluding hydrogens is 371 g/mol. The third kappa shape index (κ3) is 4.13. The van der Waals surface area contributed by atoms with Gasteiger partial charge in [-0.05, 0) is 42.3 Å². The Bertz CT molecular complexity index is 860. The van der Waals surface area contributed by atoms with E-state index in [0.29, 0.717) is 11.7 Å². The average Bonchev–Trinajstić information content (AvgIpc) is 3.23. The standard InChI is InChI=1S/C20H20F3N3O2/c21-20(22,23)14-2-1-3-16(8-14)26-18(27)25-15-6-4-13(5-7-15)9-19-10-17(11-28-19)24-12-19/h1-8,17,24H,9-12H2,(H2,25,26,27). The second kappa shape index (κ2) is 7.10. The van der Waals surface area contributed by atoms with Gasteiger partial charge in [0.1, 0.15) is 0 Å². The van der Waals surface area contributed by atoms with Gasteiger partial charge in [-0.2, -0.15) is 13.2 Å². The largest absolute Gasteiger partial charge is 0.416 e. The zero-order valence-corrected chi connectivity index (χ0v) is 15.0. The molecule has 0 spiro atoms. The Morgan fingerprint density at radius 2 is 1.89 bits per heavy atom. The number of benzene rings is 2. The highest BCUT2D eigenvalue weighted by Crippen LogP contribution is 2.34. The molecule has 3 N–H and O–H groups in total. The second-order valence-corrected chi connectivity index (χ2v) is 7.31. The third-order valence-electron chi connectivity index (χ3n) is 5.11. The first kappa shape index (κ1) is 18.8. The van der Waals surface area contributed by atoms with Gasteiger partial charge in [-0.25, -0.2) is 4.79 Å². The Hall–Kier alpha value is -2.58. The monoisotopic (exact) mass is 391 g/mol. The van der Waals surface area contributed by atoms with Crippen LogP contribution < -0.4 is 16.0 Å². The predicted octanol–water partition coefficient (Wildman–Crippen LogP) is 4.02. The van der Waals surface area contributed by atoms with Crippen molar-refractivity contribution in [1.29, 1.82) is 0 Å². The Labute approximate surface area is 160 Å². The van der Waals surface area contributed by atoms with Gasteiger partial charge in [-0.1, -0.05) is 18.2 Å². The number of hydrogen-bond acceptors (Lipinski definition) is 3. The van der Waals surface area contributed by atoms with Gasteiger partial charge in [0.15, 0.2) is 0 Å². The lowest BCUT2D eigenvalue weighted by Gasteiger charge is -2.26. The predicted molar refractivity (Wildman–Crippen MR) is 99.3 cm³/mol. The zero-order valence-electron chi connectivity index (χ0n) is 15.0. The lowest BCUT2D eigenvalue weighted by Crippen LogP contribution is -2.40. The molecule has 2 unspecified atom stereocenters. The maximum absolute atomic E-state index is 12.7. The van der Waals surface area contributed by atoms with Gasteiger partial charge in [-0.3, -0.25) is 0 Å². The Balaban J connectivity index is 1.35. The van der Waals surface area contributed by atoms with Crippen LogP contribution in [-0.4, -0.2) is 30.8 Å². The molecule has 2 amide bonds. The van der Waals surface area contributed by atoms with Crippen LogP contribution in [0, 0.1) is 0 Å². The van der Waals surface area contributed by atoms with E-state index < -0.39 is 17.8 Å². The molecule has 2 atom stereocenters. The molecule has 2 saturated heterocycles. The number of hydrogen-bond donors (Lipinski definition) is 3. The first-order chi connectivity index (χ1) is 13.3. The summed E-state index contributed by atoms with van der Waals surface area (Å²) in [5.74, 6) is 0. The van der Waals surface area contributed by atoms with Crippen LogP contribution >= 0.6 is 0 Å². The van der Waals surface area contributed by atoms with Gasteiger partial charge in [0.25, 0.3) is 0 Å². The summed E-state index contributed by atoms with van der Waals surface area (Å²) in [5.41, 5.74) is 0.783. The second-order valence-electron chi connectivity index (χ2n) is 7.31. The molecular formula is C20H20F3N3O2. The van der Waals surface area contributed by atoms with Crippen LogP contribution in [0.25, 0.3) is 0 Å². The smallest absolute Gasteiger partial charge is 0.372 e. The van der Waals surface area contributed by atoms with Crippen molar-refractivity contribution < 1.29 is 22.7 Å². The first-order valence-electron chi connectivity index (χ1n) is 9.03. The molecule has 5 nitrogen and oxygen atoms in total. The summed E-state index contributed by atoms with van der Waals surface area (Å²) in [6, 6.07) is 11.7. The molecule has 28 heavy (non-hydrogen) atoms. The van der Waals surface area contributed by atoms with Crippen LogP contribution in [0.2, 0.25) is 0 Å². The van der Waals surface area contributed by atoms with E-state index in [1.807, 2.05) is 12.1 Å². The minimum Gasteiger partial charge on any atom is -0.372 e. The van der Waals surface area contributed by atoms with E-state index in [2.05, 4.69) is 16.0 Å².